The summed E-state index contributed by atoms with van der Waals surface area (Å²) in [5.41, 5.74) is -0.588. The van der Waals surface area contributed by atoms with Gasteiger partial charge in [-0.3, -0.25) is 0 Å². The normalized spacial score (nSPS) is 21.7. The molecule has 1 saturated carbocycles. The molecule has 118 valence electrons. The second-order valence-electron chi connectivity index (χ2n) is 6.22. The van der Waals surface area contributed by atoms with Crippen molar-refractivity contribution in [1.29, 1.82) is 0 Å². The van der Waals surface area contributed by atoms with E-state index in [1.807, 2.05) is 13.8 Å². The molecule has 0 aliphatic heterocycles. The Hall–Kier alpha value is -1.05. The number of benzene rings is 1. The van der Waals surface area contributed by atoms with Crippen LogP contribution in [0.4, 0.5) is 8.78 Å². The Kier molecular flexibility index (Phi) is 4.37. The van der Waals surface area contributed by atoms with E-state index in [2.05, 4.69) is 4.72 Å². The molecule has 1 aromatic rings. The maximum absolute atomic E-state index is 14.0. The first kappa shape index (κ1) is 16.3. The molecule has 0 aromatic heterocycles. The first-order valence-corrected chi connectivity index (χ1v) is 8.25. The minimum absolute atomic E-state index is 0.0464. The second kappa shape index (κ2) is 5.62. The molecule has 1 unspecified atom stereocenters. The number of sulfonamides is 1. The van der Waals surface area contributed by atoms with Gasteiger partial charge < -0.3 is 5.11 Å². The average Bonchev–Trinajstić information content (AvgIpc) is 2.68. The highest BCUT2D eigenvalue weighted by Crippen LogP contribution is 2.37. The third-order valence-corrected chi connectivity index (χ3v) is 5.43. The summed E-state index contributed by atoms with van der Waals surface area (Å²) in [5, 5.41) is 8.95. The second-order valence-corrected chi connectivity index (χ2v) is 7.90. The summed E-state index contributed by atoms with van der Waals surface area (Å²) in [4.78, 5) is -0.627. The van der Waals surface area contributed by atoms with Gasteiger partial charge in [-0.05, 0) is 36.8 Å². The molecular weight excluding hydrogens is 300 g/mol. The summed E-state index contributed by atoms with van der Waals surface area (Å²) in [6.07, 6.45) is 2.23. The van der Waals surface area contributed by atoms with Gasteiger partial charge in [0.05, 0.1) is 12.2 Å². The van der Waals surface area contributed by atoms with E-state index in [9.17, 15) is 17.2 Å². The molecule has 2 N–H and O–H groups in total. The van der Waals surface area contributed by atoms with Gasteiger partial charge in [0.15, 0.2) is 5.82 Å². The molecule has 4 nitrogen and oxygen atoms in total. The van der Waals surface area contributed by atoms with Crippen LogP contribution in [0, 0.1) is 17.0 Å². The van der Waals surface area contributed by atoms with Crippen molar-refractivity contribution >= 4 is 10.0 Å². The monoisotopic (exact) mass is 319 g/mol. The first-order valence-electron chi connectivity index (χ1n) is 6.76. The standard InChI is InChI=1S/C14H19F2NO3S/c1-14(2)6-5-9(7-14)17-21(19,20)12-4-3-11(15)10(8-18)13(12)16/h3-4,9,17-18H,5-8H2,1-2H3. The Balaban J connectivity index is 2.29. The van der Waals surface area contributed by atoms with Crippen LogP contribution in [0.1, 0.15) is 38.7 Å². The molecule has 7 heteroatoms. The molecule has 1 atom stereocenters. The van der Waals surface area contributed by atoms with E-state index in [4.69, 9.17) is 5.11 Å². The number of rotatable bonds is 4. The minimum Gasteiger partial charge on any atom is -0.391 e. The van der Waals surface area contributed by atoms with Crippen molar-refractivity contribution < 1.29 is 22.3 Å². The lowest BCUT2D eigenvalue weighted by Crippen LogP contribution is -2.34. The maximum Gasteiger partial charge on any atom is 0.243 e. The SMILES string of the molecule is CC1(C)CCC(NS(=O)(=O)c2ccc(F)c(CO)c2F)C1. The number of nitrogens with one attached hydrogen (secondary N) is 1. The van der Waals surface area contributed by atoms with Crippen molar-refractivity contribution in [3.05, 3.63) is 29.3 Å². The summed E-state index contributed by atoms with van der Waals surface area (Å²) in [6.45, 7) is 3.20. The lowest BCUT2D eigenvalue weighted by molar-refractivity contribution is 0.267. The van der Waals surface area contributed by atoms with Crippen molar-refractivity contribution in [3.63, 3.8) is 0 Å². The van der Waals surface area contributed by atoms with E-state index in [1.165, 1.54) is 0 Å². The molecule has 21 heavy (non-hydrogen) atoms. The van der Waals surface area contributed by atoms with Gasteiger partial charge in [-0.2, -0.15) is 0 Å². The highest BCUT2D eigenvalue weighted by molar-refractivity contribution is 7.89. The Morgan fingerprint density at radius 3 is 2.57 bits per heavy atom. The van der Waals surface area contributed by atoms with Gasteiger partial charge in [0, 0.05) is 6.04 Å². The van der Waals surface area contributed by atoms with Crippen LogP contribution in [-0.4, -0.2) is 19.6 Å². The molecule has 0 heterocycles. The summed E-state index contributed by atoms with van der Waals surface area (Å²) in [6, 6.07) is 1.47. The van der Waals surface area contributed by atoms with E-state index in [-0.39, 0.29) is 11.5 Å². The van der Waals surface area contributed by atoms with Gasteiger partial charge in [-0.15, -0.1) is 0 Å². The van der Waals surface area contributed by atoms with Crippen LogP contribution in [0.2, 0.25) is 0 Å². The van der Waals surface area contributed by atoms with Gasteiger partial charge in [-0.25, -0.2) is 21.9 Å². The van der Waals surface area contributed by atoms with Gasteiger partial charge >= 0.3 is 0 Å². The topological polar surface area (TPSA) is 66.4 Å². The van der Waals surface area contributed by atoms with Crippen LogP contribution in [0.3, 0.4) is 0 Å². The van der Waals surface area contributed by atoms with Crippen molar-refractivity contribution in [1.82, 2.24) is 4.72 Å². The Bertz CT molecular complexity index is 644. The van der Waals surface area contributed by atoms with Crippen LogP contribution < -0.4 is 4.72 Å². The number of aliphatic hydroxyl groups excluding tert-OH is 1. The minimum atomic E-state index is -4.08. The largest absolute Gasteiger partial charge is 0.391 e. The predicted octanol–water partition coefficient (Wildman–Crippen LogP) is 2.31. The fraction of sp³-hybridized carbons (Fsp3) is 0.571. The smallest absolute Gasteiger partial charge is 0.243 e. The van der Waals surface area contributed by atoms with Gasteiger partial charge in [0.25, 0.3) is 0 Å². The number of aliphatic hydroxyl groups is 1. The third-order valence-electron chi connectivity index (χ3n) is 3.89. The molecule has 0 amide bonds. The molecule has 0 spiro atoms. The maximum atomic E-state index is 14.0. The molecule has 0 saturated heterocycles. The molecule has 2 rings (SSSR count). The number of hydrogen-bond donors (Lipinski definition) is 2. The third kappa shape index (κ3) is 3.41. The Labute approximate surface area is 123 Å². The van der Waals surface area contributed by atoms with Crippen LogP contribution in [-0.2, 0) is 16.6 Å². The highest BCUT2D eigenvalue weighted by atomic mass is 32.2. The molecule has 0 radical (unpaired) electrons. The summed E-state index contributed by atoms with van der Waals surface area (Å²) in [5.74, 6) is -2.20. The number of halogens is 2. The summed E-state index contributed by atoms with van der Waals surface area (Å²) >= 11 is 0. The highest BCUT2D eigenvalue weighted by Gasteiger charge is 2.34. The fourth-order valence-electron chi connectivity index (χ4n) is 2.75. The van der Waals surface area contributed by atoms with Crippen molar-refractivity contribution in [3.8, 4) is 0 Å². The van der Waals surface area contributed by atoms with Gasteiger partial charge in [0.1, 0.15) is 10.7 Å². The zero-order valence-corrected chi connectivity index (χ0v) is 12.8. The lowest BCUT2D eigenvalue weighted by Gasteiger charge is -2.18. The zero-order valence-electron chi connectivity index (χ0n) is 12.0. The van der Waals surface area contributed by atoms with Crippen molar-refractivity contribution in [2.45, 2.75) is 50.7 Å². The van der Waals surface area contributed by atoms with Crippen LogP contribution in [0.15, 0.2) is 17.0 Å². The van der Waals surface area contributed by atoms with Crippen molar-refractivity contribution in [2.75, 3.05) is 0 Å². The molecule has 0 bridgehead atoms. The molecule has 1 aliphatic rings. The average molecular weight is 319 g/mol. The molecule has 1 aromatic carbocycles. The fourth-order valence-corrected chi connectivity index (χ4v) is 4.12. The molecule has 1 aliphatic carbocycles. The van der Waals surface area contributed by atoms with E-state index < -0.39 is 38.7 Å². The lowest BCUT2D eigenvalue weighted by atomic mass is 9.92. The van der Waals surface area contributed by atoms with Gasteiger partial charge in [0.2, 0.25) is 10.0 Å². The quantitative estimate of drug-likeness (QED) is 0.895. The predicted molar refractivity (Wildman–Crippen MR) is 74.0 cm³/mol. The van der Waals surface area contributed by atoms with Crippen molar-refractivity contribution in [2.24, 2.45) is 5.41 Å². The van der Waals surface area contributed by atoms with Crippen LogP contribution >= 0.6 is 0 Å². The Morgan fingerprint density at radius 1 is 1.38 bits per heavy atom. The molecule has 1 fully saturated rings. The summed E-state index contributed by atoms with van der Waals surface area (Å²) in [7, 11) is -4.08. The van der Waals surface area contributed by atoms with E-state index in [1.54, 1.807) is 0 Å². The first-order chi connectivity index (χ1) is 9.66. The van der Waals surface area contributed by atoms with E-state index in [0.717, 1.165) is 18.6 Å². The number of hydrogen-bond acceptors (Lipinski definition) is 3. The zero-order chi connectivity index (χ0) is 15.8. The summed E-state index contributed by atoms with van der Waals surface area (Å²) < 4.78 is 54.3. The van der Waals surface area contributed by atoms with Crippen LogP contribution in [0.25, 0.3) is 0 Å². The van der Waals surface area contributed by atoms with Gasteiger partial charge in [-0.1, -0.05) is 13.8 Å². The Morgan fingerprint density at radius 2 is 2.05 bits per heavy atom. The van der Waals surface area contributed by atoms with Crippen LogP contribution in [0.5, 0.6) is 0 Å². The van der Waals surface area contributed by atoms with E-state index >= 15 is 0 Å². The molecular formula is C14H19F2NO3S. The van der Waals surface area contributed by atoms with E-state index in [0.29, 0.717) is 12.8 Å².